The van der Waals surface area contributed by atoms with Gasteiger partial charge in [-0.1, -0.05) is 60.7 Å². The van der Waals surface area contributed by atoms with E-state index in [1.807, 2.05) is 0 Å². The van der Waals surface area contributed by atoms with Gasteiger partial charge in [-0.15, -0.1) is 0 Å². The zero-order valence-corrected chi connectivity index (χ0v) is 14.8. The molecule has 2 saturated heterocycles. The number of piperidine rings is 1. The molecule has 0 spiro atoms. The normalized spacial score (nSPS) is 24.1. The van der Waals surface area contributed by atoms with Crippen molar-refractivity contribution in [2.45, 2.75) is 24.4 Å². The van der Waals surface area contributed by atoms with Crippen molar-refractivity contribution in [1.29, 1.82) is 0 Å². The fraction of sp³-hybridized carbons (Fsp3) is 0.455. The second-order valence-corrected chi connectivity index (χ2v) is 7.22. The van der Waals surface area contributed by atoms with Crippen molar-refractivity contribution in [3.05, 3.63) is 71.8 Å². The van der Waals surface area contributed by atoms with Gasteiger partial charge in [-0.3, -0.25) is 4.90 Å². The van der Waals surface area contributed by atoms with Gasteiger partial charge < -0.3 is 9.47 Å². The lowest BCUT2D eigenvalue weighted by molar-refractivity contribution is -0.1000. The molecule has 2 aliphatic rings. The Bertz CT molecular complexity index is 613. The fourth-order valence-electron chi connectivity index (χ4n) is 4.38. The van der Waals surface area contributed by atoms with Crippen LogP contribution in [0.1, 0.15) is 24.0 Å². The van der Waals surface area contributed by atoms with Crippen LogP contribution in [0.3, 0.4) is 0 Å². The van der Waals surface area contributed by atoms with Gasteiger partial charge in [0.2, 0.25) is 0 Å². The van der Waals surface area contributed by atoms with E-state index in [0.717, 1.165) is 39.5 Å². The summed E-state index contributed by atoms with van der Waals surface area (Å²) in [6, 6.07) is 22.0. The summed E-state index contributed by atoms with van der Waals surface area (Å²) in [5.41, 5.74) is 2.91. The summed E-state index contributed by atoms with van der Waals surface area (Å²) in [6.07, 6.45) is 2.60. The summed E-state index contributed by atoms with van der Waals surface area (Å²) >= 11 is 0. The highest BCUT2D eigenvalue weighted by Gasteiger charge is 2.39. The van der Waals surface area contributed by atoms with Gasteiger partial charge in [0.1, 0.15) is 0 Å². The molecule has 2 fully saturated rings. The minimum atomic E-state index is 0.0658. The average Bonchev–Trinajstić information content (AvgIpc) is 2.70. The number of hydrogen-bond donors (Lipinski definition) is 0. The number of nitrogens with zero attached hydrogens (tertiary/aromatic N) is 1. The molecule has 3 nitrogen and oxygen atoms in total. The predicted molar refractivity (Wildman–Crippen MR) is 99.9 cm³/mol. The van der Waals surface area contributed by atoms with Crippen molar-refractivity contribution < 1.29 is 9.47 Å². The zero-order valence-electron chi connectivity index (χ0n) is 14.8. The van der Waals surface area contributed by atoms with Gasteiger partial charge in [-0.05, 0) is 30.5 Å². The third kappa shape index (κ3) is 3.64. The van der Waals surface area contributed by atoms with Crippen LogP contribution >= 0.6 is 0 Å². The molecule has 2 heterocycles. The third-order valence-corrected chi connectivity index (χ3v) is 5.57. The van der Waals surface area contributed by atoms with E-state index in [2.05, 4.69) is 65.6 Å². The number of rotatable bonds is 4. The van der Waals surface area contributed by atoms with Crippen LogP contribution in [0.2, 0.25) is 0 Å². The van der Waals surface area contributed by atoms with Crippen LogP contribution in [-0.2, 0) is 14.9 Å². The van der Waals surface area contributed by atoms with E-state index in [1.54, 1.807) is 0 Å². The summed E-state index contributed by atoms with van der Waals surface area (Å²) in [7, 11) is 0. The van der Waals surface area contributed by atoms with E-state index >= 15 is 0 Å². The molecule has 0 N–H and O–H groups in total. The fourth-order valence-corrected chi connectivity index (χ4v) is 4.38. The first-order valence-corrected chi connectivity index (χ1v) is 9.40. The van der Waals surface area contributed by atoms with Crippen molar-refractivity contribution in [1.82, 2.24) is 4.90 Å². The standard InChI is InChI=1S/C22H27NO2/c1-3-8-19(9-4-1)22(20-10-5-2-6-11-20)12-7-13-23(18-22)16-21-17-24-14-15-25-21/h1-6,8-11,21H,7,12-18H2/t21-/m0/s1. The molecule has 0 amide bonds. The topological polar surface area (TPSA) is 21.7 Å². The number of likely N-dealkylation sites (tertiary alicyclic amines) is 1. The molecule has 4 rings (SSSR count). The van der Waals surface area contributed by atoms with Crippen molar-refractivity contribution >= 4 is 0 Å². The Balaban J connectivity index is 1.61. The lowest BCUT2D eigenvalue weighted by Gasteiger charge is -2.45. The largest absolute Gasteiger partial charge is 0.376 e. The molecule has 2 aromatic carbocycles. The quantitative estimate of drug-likeness (QED) is 0.852. The van der Waals surface area contributed by atoms with Crippen LogP contribution in [0.5, 0.6) is 0 Å². The Morgan fingerprint density at radius 3 is 2.20 bits per heavy atom. The van der Waals surface area contributed by atoms with Gasteiger partial charge in [-0.2, -0.15) is 0 Å². The average molecular weight is 337 g/mol. The predicted octanol–water partition coefficient (Wildman–Crippen LogP) is 3.48. The molecular formula is C22H27NO2. The molecule has 0 saturated carbocycles. The van der Waals surface area contributed by atoms with Crippen molar-refractivity contribution in [2.75, 3.05) is 39.5 Å². The SMILES string of the molecule is c1ccc(C2(c3ccccc3)CCCN(C[C@H]3COCCO3)C2)cc1. The molecule has 0 unspecified atom stereocenters. The molecule has 132 valence electrons. The molecule has 2 aliphatic heterocycles. The first-order chi connectivity index (χ1) is 12.4. The van der Waals surface area contributed by atoms with E-state index in [0.29, 0.717) is 0 Å². The molecule has 1 atom stereocenters. The molecule has 3 heteroatoms. The molecule has 25 heavy (non-hydrogen) atoms. The first kappa shape index (κ1) is 16.8. The van der Waals surface area contributed by atoms with Crippen molar-refractivity contribution in [3.63, 3.8) is 0 Å². The Hall–Kier alpha value is -1.68. The van der Waals surface area contributed by atoms with Gasteiger partial charge in [0, 0.05) is 18.5 Å². The summed E-state index contributed by atoms with van der Waals surface area (Å²) in [4.78, 5) is 2.57. The van der Waals surface area contributed by atoms with Gasteiger partial charge in [0.05, 0.1) is 25.9 Å². The molecule has 0 radical (unpaired) electrons. The van der Waals surface area contributed by atoms with E-state index in [1.165, 1.54) is 24.0 Å². The van der Waals surface area contributed by atoms with E-state index in [-0.39, 0.29) is 11.5 Å². The molecule has 0 aliphatic carbocycles. The van der Waals surface area contributed by atoms with Crippen LogP contribution in [0.25, 0.3) is 0 Å². The van der Waals surface area contributed by atoms with Crippen molar-refractivity contribution in [3.8, 4) is 0 Å². The lowest BCUT2D eigenvalue weighted by Crippen LogP contribution is -2.50. The highest BCUT2D eigenvalue weighted by molar-refractivity contribution is 5.40. The van der Waals surface area contributed by atoms with Crippen molar-refractivity contribution in [2.24, 2.45) is 0 Å². The summed E-state index contributed by atoms with van der Waals surface area (Å²) in [6.45, 7) is 5.32. The third-order valence-electron chi connectivity index (χ3n) is 5.57. The molecule has 0 bridgehead atoms. The zero-order chi connectivity index (χ0) is 17.0. The van der Waals surface area contributed by atoms with Crippen LogP contribution in [0.4, 0.5) is 0 Å². The van der Waals surface area contributed by atoms with Gasteiger partial charge in [0.25, 0.3) is 0 Å². The maximum absolute atomic E-state index is 5.89. The van der Waals surface area contributed by atoms with Gasteiger partial charge in [0.15, 0.2) is 0 Å². The summed E-state index contributed by atoms with van der Waals surface area (Å²) in [5, 5.41) is 0. The Morgan fingerprint density at radius 1 is 0.920 bits per heavy atom. The van der Waals surface area contributed by atoms with Crippen LogP contribution < -0.4 is 0 Å². The highest BCUT2D eigenvalue weighted by Crippen LogP contribution is 2.40. The molecule has 0 aromatic heterocycles. The lowest BCUT2D eigenvalue weighted by atomic mass is 9.69. The van der Waals surface area contributed by atoms with Gasteiger partial charge in [-0.25, -0.2) is 0 Å². The Kier molecular flexibility index (Phi) is 5.16. The number of ether oxygens (including phenoxy) is 2. The Labute approximate surface area is 150 Å². The second-order valence-electron chi connectivity index (χ2n) is 7.22. The van der Waals surface area contributed by atoms with E-state index in [9.17, 15) is 0 Å². The summed E-state index contributed by atoms with van der Waals surface area (Å²) in [5.74, 6) is 0. The van der Waals surface area contributed by atoms with E-state index in [4.69, 9.17) is 9.47 Å². The number of benzene rings is 2. The molecular weight excluding hydrogens is 310 g/mol. The minimum Gasteiger partial charge on any atom is -0.376 e. The Morgan fingerprint density at radius 2 is 1.60 bits per heavy atom. The maximum atomic E-state index is 5.89. The first-order valence-electron chi connectivity index (χ1n) is 9.40. The molecule has 2 aromatic rings. The highest BCUT2D eigenvalue weighted by atomic mass is 16.6. The number of hydrogen-bond acceptors (Lipinski definition) is 3. The smallest absolute Gasteiger partial charge is 0.0936 e. The monoisotopic (exact) mass is 337 g/mol. The minimum absolute atomic E-state index is 0.0658. The summed E-state index contributed by atoms with van der Waals surface area (Å²) < 4.78 is 11.5. The van der Waals surface area contributed by atoms with E-state index < -0.39 is 0 Å². The van der Waals surface area contributed by atoms with Crippen LogP contribution in [-0.4, -0.2) is 50.5 Å². The van der Waals surface area contributed by atoms with Crippen LogP contribution in [0, 0.1) is 0 Å². The second kappa shape index (κ2) is 7.69. The van der Waals surface area contributed by atoms with Crippen LogP contribution in [0.15, 0.2) is 60.7 Å². The van der Waals surface area contributed by atoms with Gasteiger partial charge >= 0.3 is 0 Å². The maximum Gasteiger partial charge on any atom is 0.0936 e.